The molecule has 1 aliphatic heterocycles. The van der Waals surface area contributed by atoms with E-state index >= 15 is 0 Å². The van der Waals surface area contributed by atoms with Gasteiger partial charge in [0, 0.05) is 31.4 Å². The quantitative estimate of drug-likeness (QED) is 0.840. The van der Waals surface area contributed by atoms with Crippen LogP contribution >= 0.6 is 0 Å². The number of hydrogen-bond donors (Lipinski definition) is 0. The second kappa shape index (κ2) is 5.55. The van der Waals surface area contributed by atoms with Crippen LogP contribution in [-0.2, 0) is 16.3 Å². The molecule has 0 spiro atoms. The maximum Gasteiger partial charge on any atom is 0.389 e. The third kappa shape index (κ3) is 4.32. The second-order valence-electron chi connectivity index (χ2n) is 4.60. The zero-order chi connectivity index (χ0) is 14.8. The van der Waals surface area contributed by atoms with E-state index < -0.39 is 22.4 Å². The Labute approximate surface area is 114 Å². The molecule has 2 heterocycles. The van der Waals surface area contributed by atoms with Gasteiger partial charge in [0.15, 0.2) is 9.84 Å². The Morgan fingerprint density at radius 2 is 1.90 bits per heavy atom. The number of anilines is 1. The molecule has 1 saturated heterocycles. The number of nitrogens with zero attached hydrogens (tertiary/aromatic N) is 3. The van der Waals surface area contributed by atoms with Crippen molar-refractivity contribution in [2.45, 2.75) is 19.0 Å². The van der Waals surface area contributed by atoms with Gasteiger partial charge in [0.25, 0.3) is 0 Å². The number of alkyl halides is 3. The molecule has 0 bridgehead atoms. The molecule has 0 aromatic carbocycles. The van der Waals surface area contributed by atoms with Crippen LogP contribution in [0.2, 0.25) is 0 Å². The van der Waals surface area contributed by atoms with Crippen molar-refractivity contribution in [3.05, 3.63) is 18.0 Å². The summed E-state index contributed by atoms with van der Waals surface area (Å²) < 4.78 is 59.1. The fourth-order valence-corrected chi connectivity index (χ4v) is 3.06. The Bertz CT molecular complexity index is 561. The molecule has 1 aliphatic rings. The zero-order valence-electron chi connectivity index (χ0n) is 10.6. The molecule has 0 radical (unpaired) electrons. The minimum absolute atomic E-state index is 0.0170. The van der Waals surface area contributed by atoms with Gasteiger partial charge >= 0.3 is 6.18 Å². The van der Waals surface area contributed by atoms with Crippen LogP contribution in [0, 0.1) is 0 Å². The van der Waals surface area contributed by atoms with Gasteiger partial charge in [-0.25, -0.2) is 18.4 Å². The summed E-state index contributed by atoms with van der Waals surface area (Å²) in [6, 6.07) is 1.44. The van der Waals surface area contributed by atoms with E-state index in [9.17, 15) is 21.6 Å². The van der Waals surface area contributed by atoms with Crippen molar-refractivity contribution in [3.63, 3.8) is 0 Å². The van der Waals surface area contributed by atoms with Gasteiger partial charge in [-0.3, -0.25) is 0 Å². The molecule has 112 valence electrons. The predicted octanol–water partition coefficient (Wildman–Crippen LogP) is 1.21. The summed E-state index contributed by atoms with van der Waals surface area (Å²) in [7, 11) is -3.01. The van der Waals surface area contributed by atoms with E-state index in [2.05, 4.69) is 9.97 Å². The first kappa shape index (κ1) is 15.0. The standard InChI is InChI=1S/C11H14F3N3O2S/c12-11(13,14)3-1-9-2-4-15-10(16-9)17-5-7-20(18,19)8-6-17/h2,4H,1,3,5-8H2. The summed E-state index contributed by atoms with van der Waals surface area (Å²) >= 11 is 0. The Morgan fingerprint density at radius 1 is 1.25 bits per heavy atom. The fourth-order valence-electron chi connectivity index (χ4n) is 1.86. The number of sulfone groups is 1. The normalized spacial score (nSPS) is 19.1. The number of rotatable bonds is 3. The van der Waals surface area contributed by atoms with Crippen LogP contribution in [0.25, 0.3) is 0 Å². The first-order valence-electron chi connectivity index (χ1n) is 6.09. The number of hydrogen-bond acceptors (Lipinski definition) is 5. The van der Waals surface area contributed by atoms with E-state index in [0.717, 1.165) is 0 Å². The molecule has 1 aromatic heterocycles. The molecule has 0 aliphatic carbocycles. The molecule has 0 N–H and O–H groups in total. The van der Waals surface area contributed by atoms with Crippen LogP contribution < -0.4 is 4.90 Å². The minimum Gasteiger partial charge on any atom is -0.339 e. The molecule has 20 heavy (non-hydrogen) atoms. The third-order valence-electron chi connectivity index (χ3n) is 2.99. The van der Waals surface area contributed by atoms with E-state index in [1.54, 1.807) is 4.90 Å². The molecule has 1 aromatic rings. The SMILES string of the molecule is O=S1(=O)CCN(c2nccc(CCC(F)(F)F)n2)CC1. The van der Waals surface area contributed by atoms with E-state index in [0.29, 0.717) is 11.6 Å². The van der Waals surface area contributed by atoms with Gasteiger partial charge in [0.2, 0.25) is 5.95 Å². The first-order valence-corrected chi connectivity index (χ1v) is 7.91. The molecule has 1 fully saturated rings. The predicted molar refractivity (Wildman–Crippen MR) is 67.3 cm³/mol. The van der Waals surface area contributed by atoms with Crippen molar-refractivity contribution < 1.29 is 21.6 Å². The van der Waals surface area contributed by atoms with Crippen molar-refractivity contribution in [3.8, 4) is 0 Å². The van der Waals surface area contributed by atoms with Crippen LogP contribution in [0.1, 0.15) is 12.1 Å². The average molecular weight is 309 g/mol. The van der Waals surface area contributed by atoms with Crippen molar-refractivity contribution in [2.75, 3.05) is 29.5 Å². The van der Waals surface area contributed by atoms with E-state index in [-0.39, 0.29) is 31.0 Å². The smallest absolute Gasteiger partial charge is 0.339 e. The van der Waals surface area contributed by atoms with Crippen LogP contribution in [0.3, 0.4) is 0 Å². The lowest BCUT2D eigenvalue weighted by Crippen LogP contribution is -2.41. The lowest BCUT2D eigenvalue weighted by molar-refractivity contribution is -0.134. The summed E-state index contributed by atoms with van der Waals surface area (Å²) in [4.78, 5) is 9.74. The molecular formula is C11H14F3N3O2S. The maximum absolute atomic E-state index is 12.2. The van der Waals surface area contributed by atoms with Crippen LogP contribution in [0.5, 0.6) is 0 Å². The monoisotopic (exact) mass is 309 g/mol. The summed E-state index contributed by atoms with van der Waals surface area (Å²) in [5.74, 6) is 0.325. The highest BCUT2D eigenvalue weighted by molar-refractivity contribution is 7.91. The van der Waals surface area contributed by atoms with Crippen LogP contribution in [0.4, 0.5) is 19.1 Å². The number of aryl methyl sites for hydroxylation is 1. The van der Waals surface area contributed by atoms with E-state index in [4.69, 9.17) is 0 Å². The molecule has 2 rings (SSSR count). The largest absolute Gasteiger partial charge is 0.389 e. The summed E-state index contributed by atoms with van der Waals surface area (Å²) in [5, 5.41) is 0. The molecule has 9 heteroatoms. The first-order chi connectivity index (χ1) is 9.25. The van der Waals surface area contributed by atoms with Gasteiger partial charge in [0.1, 0.15) is 0 Å². The Kier molecular flexibility index (Phi) is 4.17. The van der Waals surface area contributed by atoms with Gasteiger partial charge in [0.05, 0.1) is 11.5 Å². The highest BCUT2D eigenvalue weighted by Gasteiger charge is 2.27. The Morgan fingerprint density at radius 3 is 2.50 bits per heavy atom. The Hall–Kier alpha value is -1.38. The Balaban J connectivity index is 2.03. The molecule has 0 amide bonds. The van der Waals surface area contributed by atoms with Gasteiger partial charge in [-0.15, -0.1) is 0 Å². The highest BCUT2D eigenvalue weighted by Crippen LogP contribution is 2.22. The van der Waals surface area contributed by atoms with Crippen LogP contribution in [-0.4, -0.2) is 49.2 Å². The molecular weight excluding hydrogens is 295 g/mol. The van der Waals surface area contributed by atoms with Crippen molar-refractivity contribution in [2.24, 2.45) is 0 Å². The van der Waals surface area contributed by atoms with Crippen molar-refractivity contribution >= 4 is 15.8 Å². The zero-order valence-corrected chi connectivity index (χ0v) is 11.4. The summed E-state index contributed by atoms with van der Waals surface area (Å²) in [6.07, 6.45) is -3.95. The van der Waals surface area contributed by atoms with Gasteiger partial charge < -0.3 is 4.90 Å². The average Bonchev–Trinajstić information content (AvgIpc) is 2.36. The van der Waals surface area contributed by atoms with Gasteiger partial charge in [-0.2, -0.15) is 13.2 Å². The van der Waals surface area contributed by atoms with Gasteiger partial charge in [-0.1, -0.05) is 0 Å². The van der Waals surface area contributed by atoms with Crippen molar-refractivity contribution in [1.82, 2.24) is 9.97 Å². The second-order valence-corrected chi connectivity index (χ2v) is 6.91. The van der Waals surface area contributed by atoms with Crippen LogP contribution in [0.15, 0.2) is 12.3 Å². The fraction of sp³-hybridized carbons (Fsp3) is 0.636. The van der Waals surface area contributed by atoms with E-state index in [1.165, 1.54) is 12.3 Å². The third-order valence-corrected chi connectivity index (χ3v) is 4.60. The number of halogens is 3. The molecule has 0 unspecified atom stereocenters. The molecule has 0 saturated carbocycles. The van der Waals surface area contributed by atoms with E-state index in [1.807, 2.05) is 0 Å². The number of aromatic nitrogens is 2. The molecule has 5 nitrogen and oxygen atoms in total. The minimum atomic E-state index is -4.22. The summed E-state index contributed by atoms with van der Waals surface area (Å²) in [6.45, 7) is 0.538. The topological polar surface area (TPSA) is 63.2 Å². The lowest BCUT2D eigenvalue weighted by Gasteiger charge is -2.26. The molecule has 0 atom stereocenters. The van der Waals surface area contributed by atoms with Crippen molar-refractivity contribution in [1.29, 1.82) is 0 Å². The summed E-state index contributed by atoms with van der Waals surface area (Å²) in [5.41, 5.74) is 0.306. The maximum atomic E-state index is 12.2. The highest BCUT2D eigenvalue weighted by atomic mass is 32.2. The van der Waals surface area contributed by atoms with Gasteiger partial charge in [-0.05, 0) is 12.5 Å². The lowest BCUT2D eigenvalue weighted by atomic mass is 10.2.